The third-order valence-corrected chi connectivity index (χ3v) is 2.64. The lowest BCUT2D eigenvalue weighted by molar-refractivity contribution is -0.143. The Morgan fingerprint density at radius 3 is 3.07 bits per heavy atom. The molecule has 0 saturated carbocycles. The number of carboxylic acid groups (broad SMARTS) is 1. The summed E-state index contributed by atoms with van der Waals surface area (Å²) in [6.45, 7) is 4.32. The summed E-state index contributed by atoms with van der Waals surface area (Å²) < 4.78 is 5.49. The number of hydrogen-bond acceptors (Lipinski definition) is 3. The molecular formula is C10H17NO3. The molecule has 80 valence electrons. The van der Waals surface area contributed by atoms with Crippen LogP contribution in [0.2, 0.25) is 0 Å². The zero-order valence-electron chi connectivity index (χ0n) is 8.19. The van der Waals surface area contributed by atoms with Crippen molar-refractivity contribution in [3.05, 3.63) is 12.7 Å². The zero-order chi connectivity index (χ0) is 10.6. The summed E-state index contributed by atoms with van der Waals surface area (Å²) in [5.74, 6) is -1.03. The third kappa shape index (κ3) is 2.56. The van der Waals surface area contributed by atoms with E-state index < -0.39 is 12.0 Å². The molecule has 0 amide bonds. The summed E-state index contributed by atoms with van der Waals surface area (Å²) in [4.78, 5) is 10.7. The van der Waals surface area contributed by atoms with Crippen LogP contribution in [0.15, 0.2) is 12.7 Å². The highest BCUT2D eigenvalue weighted by Crippen LogP contribution is 2.25. The molecule has 1 fully saturated rings. The molecule has 0 radical (unpaired) electrons. The van der Waals surface area contributed by atoms with Crippen molar-refractivity contribution in [3.8, 4) is 0 Å². The molecule has 1 rings (SSSR count). The summed E-state index contributed by atoms with van der Waals surface area (Å²) >= 11 is 0. The maximum Gasteiger partial charge on any atom is 0.320 e. The van der Waals surface area contributed by atoms with Gasteiger partial charge in [0.2, 0.25) is 0 Å². The first kappa shape index (κ1) is 11.2. The fourth-order valence-electron chi connectivity index (χ4n) is 1.86. The Morgan fingerprint density at radius 2 is 2.50 bits per heavy atom. The second kappa shape index (κ2) is 5.12. The van der Waals surface area contributed by atoms with Gasteiger partial charge in [-0.15, -0.1) is 6.58 Å². The Bertz CT molecular complexity index is 217. The SMILES string of the molecule is C=CCC1OCCCC1C(N)C(=O)O. The first-order valence-corrected chi connectivity index (χ1v) is 4.87. The molecule has 1 heterocycles. The first-order valence-electron chi connectivity index (χ1n) is 4.87. The second-order valence-electron chi connectivity index (χ2n) is 3.60. The van der Waals surface area contributed by atoms with Crippen molar-refractivity contribution in [2.75, 3.05) is 6.61 Å². The van der Waals surface area contributed by atoms with Crippen molar-refractivity contribution in [1.82, 2.24) is 0 Å². The molecule has 0 aliphatic carbocycles. The molecule has 0 aromatic rings. The van der Waals surface area contributed by atoms with Crippen LogP contribution in [0.3, 0.4) is 0 Å². The summed E-state index contributed by atoms with van der Waals surface area (Å²) in [6.07, 6.45) is 4.06. The molecule has 3 atom stereocenters. The minimum absolute atomic E-state index is 0.0765. The largest absolute Gasteiger partial charge is 0.480 e. The van der Waals surface area contributed by atoms with Crippen molar-refractivity contribution in [1.29, 1.82) is 0 Å². The van der Waals surface area contributed by atoms with Gasteiger partial charge >= 0.3 is 5.97 Å². The Labute approximate surface area is 83.7 Å². The lowest BCUT2D eigenvalue weighted by Crippen LogP contribution is -2.46. The van der Waals surface area contributed by atoms with E-state index in [2.05, 4.69) is 6.58 Å². The van der Waals surface area contributed by atoms with Gasteiger partial charge in [-0.2, -0.15) is 0 Å². The van der Waals surface area contributed by atoms with Crippen molar-refractivity contribution in [2.45, 2.75) is 31.4 Å². The summed E-state index contributed by atoms with van der Waals surface area (Å²) in [5, 5.41) is 8.81. The molecule has 4 heteroatoms. The van der Waals surface area contributed by atoms with Gasteiger partial charge in [0, 0.05) is 12.5 Å². The van der Waals surface area contributed by atoms with E-state index in [1.807, 2.05) is 0 Å². The molecule has 0 bridgehead atoms. The van der Waals surface area contributed by atoms with Gasteiger partial charge in [0.1, 0.15) is 6.04 Å². The lowest BCUT2D eigenvalue weighted by atomic mass is 9.86. The van der Waals surface area contributed by atoms with E-state index in [9.17, 15) is 4.79 Å². The minimum atomic E-state index is -0.949. The number of carbonyl (C=O) groups is 1. The van der Waals surface area contributed by atoms with E-state index in [1.54, 1.807) is 6.08 Å². The van der Waals surface area contributed by atoms with Crippen molar-refractivity contribution < 1.29 is 14.6 Å². The van der Waals surface area contributed by atoms with Crippen LogP contribution in [0, 0.1) is 5.92 Å². The minimum Gasteiger partial charge on any atom is -0.480 e. The van der Waals surface area contributed by atoms with Crippen LogP contribution < -0.4 is 5.73 Å². The first-order chi connectivity index (χ1) is 6.66. The summed E-state index contributed by atoms with van der Waals surface area (Å²) in [5.41, 5.74) is 5.60. The Balaban J connectivity index is 2.61. The topological polar surface area (TPSA) is 72.5 Å². The maximum atomic E-state index is 10.7. The molecule has 1 aliphatic heterocycles. The van der Waals surface area contributed by atoms with Crippen molar-refractivity contribution in [2.24, 2.45) is 11.7 Å². The van der Waals surface area contributed by atoms with Crippen LogP contribution in [-0.4, -0.2) is 29.8 Å². The molecule has 4 nitrogen and oxygen atoms in total. The third-order valence-electron chi connectivity index (χ3n) is 2.64. The van der Waals surface area contributed by atoms with Gasteiger partial charge in [-0.3, -0.25) is 4.79 Å². The van der Waals surface area contributed by atoms with E-state index in [-0.39, 0.29) is 12.0 Å². The van der Waals surface area contributed by atoms with E-state index >= 15 is 0 Å². The van der Waals surface area contributed by atoms with E-state index in [0.29, 0.717) is 13.0 Å². The van der Waals surface area contributed by atoms with Crippen molar-refractivity contribution >= 4 is 5.97 Å². The fraction of sp³-hybridized carbons (Fsp3) is 0.700. The molecule has 3 unspecified atom stereocenters. The molecular weight excluding hydrogens is 182 g/mol. The predicted molar refractivity (Wildman–Crippen MR) is 52.9 cm³/mol. The zero-order valence-corrected chi connectivity index (χ0v) is 8.19. The number of carboxylic acids is 1. The van der Waals surface area contributed by atoms with Gasteiger partial charge in [-0.05, 0) is 19.3 Å². The van der Waals surface area contributed by atoms with Crippen LogP contribution in [0.4, 0.5) is 0 Å². The highest BCUT2D eigenvalue weighted by molar-refractivity contribution is 5.73. The highest BCUT2D eigenvalue weighted by atomic mass is 16.5. The van der Waals surface area contributed by atoms with Gasteiger partial charge < -0.3 is 15.6 Å². The van der Waals surface area contributed by atoms with Gasteiger partial charge in [-0.25, -0.2) is 0 Å². The number of aliphatic carboxylic acids is 1. The Morgan fingerprint density at radius 1 is 1.79 bits per heavy atom. The average Bonchev–Trinajstić information content (AvgIpc) is 2.18. The van der Waals surface area contributed by atoms with Crippen LogP contribution in [0.25, 0.3) is 0 Å². The van der Waals surface area contributed by atoms with Crippen LogP contribution in [0.1, 0.15) is 19.3 Å². The smallest absolute Gasteiger partial charge is 0.320 e. The second-order valence-corrected chi connectivity index (χ2v) is 3.60. The normalized spacial score (nSPS) is 29.5. The maximum absolute atomic E-state index is 10.7. The quantitative estimate of drug-likeness (QED) is 0.656. The average molecular weight is 199 g/mol. The van der Waals surface area contributed by atoms with Crippen LogP contribution in [-0.2, 0) is 9.53 Å². The van der Waals surface area contributed by atoms with Crippen LogP contribution >= 0.6 is 0 Å². The molecule has 3 N–H and O–H groups in total. The van der Waals surface area contributed by atoms with Gasteiger partial charge in [-0.1, -0.05) is 6.08 Å². The van der Waals surface area contributed by atoms with Gasteiger partial charge in [0.05, 0.1) is 6.10 Å². The van der Waals surface area contributed by atoms with E-state index in [0.717, 1.165) is 12.8 Å². The van der Waals surface area contributed by atoms with Gasteiger partial charge in [0.15, 0.2) is 0 Å². The predicted octanol–water partition coefficient (Wildman–Crippen LogP) is 0.770. The molecule has 14 heavy (non-hydrogen) atoms. The Kier molecular flexibility index (Phi) is 4.10. The highest BCUT2D eigenvalue weighted by Gasteiger charge is 2.33. The number of ether oxygens (including phenoxy) is 1. The fourth-order valence-corrected chi connectivity index (χ4v) is 1.86. The van der Waals surface area contributed by atoms with E-state index in [1.165, 1.54) is 0 Å². The molecule has 0 aromatic heterocycles. The number of hydrogen-bond donors (Lipinski definition) is 2. The molecule has 0 spiro atoms. The lowest BCUT2D eigenvalue weighted by Gasteiger charge is -2.33. The standard InChI is InChI=1S/C10H17NO3/c1-2-4-8-7(5-3-6-14-8)9(11)10(12)13/h2,7-9H,1,3-6,11H2,(H,12,13). The summed E-state index contributed by atoms with van der Waals surface area (Å²) in [7, 11) is 0. The summed E-state index contributed by atoms with van der Waals surface area (Å²) in [6, 6.07) is -0.819. The van der Waals surface area contributed by atoms with Crippen molar-refractivity contribution in [3.63, 3.8) is 0 Å². The molecule has 0 aromatic carbocycles. The monoisotopic (exact) mass is 199 g/mol. The van der Waals surface area contributed by atoms with Gasteiger partial charge in [0.25, 0.3) is 0 Å². The number of nitrogens with two attached hydrogens (primary N) is 1. The Hall–Kier alpha value is -0.870. The molecule has 1 aliphatic rings. The van der Waals surface area contributed by atoms with E-state index in [4.69, 9.17) is 15.6 Å². The number of rotatable bonds is 4. The molecule has 1 saturated heterocycles. The van der Waals surface area contributed by atoms with Crippen LogP contribution in [0.5, 0.6) is 0 Å².